The van der Waals surface area contributed by atoms with Crippen molar-refractivity contribution in [2.45, 2.75) is 31.3 Å². The number of fused-ring (bicyclic) bond motifs is 1. The van der Waals surface area contributed by atoms with Gasteiger partial charge in [0.15, 0.2) is 0 Å². The molecular weight excluding hydrogens is 375 g/mol. The second kappa shape index (κ2) is 7.67. The molecule has 1 amide bonds. The van der Waals surface area contributed by atoms with Gasteiger partial charge in [-0.1, -0.05) is 30.3 Å². The molecule has 6 nitrogen and oxygen atoms in total. The summed E-state index contributed by atoms with van der Waals surface area (Å²) in [5, 5.41) is 4.02. The number of rotatable bonds is 5. The number of amides is 1. The van der Waals surface area contributed by atoms with Crippen LogP contribution in [0.2, 0.25) is 0 Å². The predicted octanol–water partition coefficient (Wildman–Crippen LogP) is 3.42. The Kier molecular flexibility index (Phi) is 5.07. The van der Waals surface area contributed by atoms with E-state index >= 15 is 0 Å². The van der Waals surface area contributed by atoms with Crippen molar-refractivity contribution in [2.75, 3.05) is 6.61 Å². The fourth-order valence-corrected chi connectivity index (χ4v) is 4.07. The predicted molar refractivity (Wildman–Crippen MR) is 105 cm³/mol. The molecule has 2 heterocycles. The maximum atomic E-state index is 13.3. The molecule has 1 aliphatic rings. The van der Waals surface area contributed by atoms with Gasteiger partial charge in [0.05, 0.1) is 12.6 Å². The molecule has 3 aromatic rings. The summed E-state index contributed by atoms with van der Waals surface area (Å²) in [6.07, 6.45) is 0.495. The lowest BCUT2D eigenvalue weighted by atomic mass is 9.88. The molecule has 3 atom stereocenters. The van der Waals surface area contributed by atoms with Crippen LogP contribution in [0.1, 0.15) is 47.0 Å². The fraction of sp³-hybridized carbons (Fsp3) is 0.273. The Labute approximate surface area is 166 Å². The van der Waals surface area contributed by atoms with Crippen LogP contribution in [-0.4, -0.2) is 24.5 Å². The van der Waals surface area contributed by atoms with Gasteiger partial charge in [0.2, 0.25) is 11.7 Å². The highest BCUT2D eigenvalue weighted by Crippen LogP contribution is 2.42. The number of esters is 1. The van der Waals surface area contributed by atoms with E-state index in [0.29, 0.717) is 17.6 Å². The van der Waals surface area contributed by atoms with Gasteiger partial charge < -0.3 is 14.9 Å². The number of halogens is 1. The second-order valence-electron chi connectivity index (χ2n) is 7.05. The number of para-hydroxylation sites is 1. The summed E-state index contributed by atoms with van der Waals surface area (Å²) in [4.78, 5) is 24.6. The van der Waals surface area contributed by atoms with Crippen LogP contribution >= 0.6 is 0 Å². The first-order chi connectivity index (χ1) is 14.0. The highest BCUT2D eigenvalue weighted by molar-refractivity contribution is 5.96. The third-order valence-corrected chi connectivity index (χ3v) is 5.32. The zero-order chi connectivity index (χ0) is 20.5. The number of primary amides is 1. The average molecular weight is 396 g/mol. The van der Waals surface area contributed by atoms with Gasteiger partial charge in [-0.05, 0) is 37.1 Å². The summed E-state index contributed by atoms with van der Waals surface area (Å²) in [7, 11) is 0. The van der Waals surface area contributed by atoms with E-state index in [2.05, 4.69) is 5.32 Å². The van der Waals surface area contributed by atoms with Crippen molar-refractivity contribution >= 4 is 22.8 Å². The number of hydrogen-bond acceptors (Lipinski definition) is 5. The second-order valence-corrected chi connectivity index (χ2v) is 7.05. The maximum Gasteiger partial charge on any atom is 0.374 e. The van der Waals surface area contributed by atoms with Crippen molar-refractivity contribution in [3.63, 3.8) is 0 Å². The Morgan fingerprint density at radius 3 is 2.62 bits per heavy atom. The van der Waals surface area contributed by atoms with Crippen LogP contribution in [0, 0.1) is 5.82 Å². The van der Waals surface area contributed by atoms with Crippen LogP contribution in [0.5, 0.6) is 0 Å². The highest BCUT2D eigenvalue weighted by Gasteiger charge is 2.41. The van der Waals surface area contributed by atoms with Gasteiger partial charge in [-0.2, -0.15) is 0 Å². The van der Waals surface area contributed by atoms with Crippen molar-refractivity contribution in [3.8, 4) is 0 Å². The van der Waals surface area contributed by atoms with Crippen LogP contribution in [0.3, 0.4) is 0 Å². The standard InChI is InChI=1S/C22H21FN2O4/c1-2-28-22(27)20-18(14-5-3-4-6-17(14)29-20)16-11-15(19(25-16)21(24)26)12-7-9-13(23)10-8-12/h3-10,15-16,19,25H,2,11H2,1H3,(H2,24,26)/t15-,16?,19-/m0/s1. The summed E-state index contributed by atoms with van der Waals surface area (Å²) in [5.41, 5.74) is 7.65. The summed E-state index contributed by atoms with van der Waals surface area (Å²) in [6.45, 7) is 1.94. The van der Waals surface area contributed by atoms with Crippen LogP contribution < -0.4 is 11.1 Å². The minimum Gasteiger partial charge on any atom is -0.460 e. The lowest BCUT2D eigenvalue weighted by Gasteiger charge is -2.16. The Morgan fingerprint density at radius 1 is 1.21 bits per heavy atom. The van der Waals surface area contributed by atoms with Crippen molar-refractivity contribution in [1.82, 2.24) is 5.32 Å². The molecule has 3 N–H and O–H groups in total. The van der Waals surface area contributed by atoms with E-state index in [4.69, 9.17) is 14.9 Å². The van der Waals surface area contributed by atoms with Crippen LogP contribution in [-0.2, 0) is 9.53 Å². The molecule has 0 aliphatic carbocycles. The first kappa shape index (κ1) is 19.1. The lowest BCUT2D eigenvalue weighted by molar-refractivity contribution is -0.120. The molecule has 1 aromatic heterocycles. The fourth-order valence-electron chi connectivity index (χ4n) is 4.07. The average Bonchev–Trinajstić information content (AvgIpc) is 3.30. The molecule has 1 aliphatic heterocycles. The SMILES string of the molecule is CCOC(=O)c1oc2ccccc2c1C1C[C@@H](c2ccc(F)cc2)[C@@H](C(N)=O)N1. The van der Waals surface area contributed by atoms with E-state index in [0.717, 1.165) is 10.9 Å². The molecule has 1 unspecified atom stereocenters. The number of benzene rings is 2. The molecule has 0 saturated carbocycles. The Balaban J connectivity index is 1.77. The van der Waals surface area contributed by atoms with Crippen LogP contribution in [0.15, 0.2) is 52.9 Å². The van der Waals surface area contributed by atoms with Crippen LogP contribution in [0.4, 0.5) is 4.39 Å². The smallest absolute Gasteiger partial charge is 0.374 e. The third kappa shape index (κ3) is 3.49. The van der Waals surface area contributed by atoms with Gasteiger partial charge in [0.25, 0.3) is 0 Å². The Morgan fingerprint density at radius 2 is 1.93 bits per heavy atom. The maximum absolute atomic E-state index is 13.3. The quantitative estimate of drug-likeness (QED) is 0.645. The summed E-state index contributed by atoms with van der Waals surface area (Å²) in [5.74, 6) is -1.55. The van der Waals surface area contributed by atoms with E-state index in [-0.39, 0.29) is 30.1 Å². The normalized spacial score (nSPS) is 21.4. The summed E-state index contributed by atoms with van der Waals surface area (Å²) >= 11 is 0. The third-order valence-electron chi connectivity index (χ3n) is 5.32. The number of furan rings is 1. The Bertz CT molecular complexity index is 1060. The van der Waals surface area contributed by atoms with E-state index in [9.17, 15) is 14.0 Å². The number of carbonyl (C=O) groups excluding carboxylic acids is 2. The van der Waals surface area contributed by atoms with Gasteiger partial charge >= 0.3 is 5.97 Å². The number of ether oxygens (including phenoxy) is 1. The molecule has 0 radical (unpaired) electrons. The monoisotopic (exact) mass is 396 g/mol. The molecular formula is C22H21FN2O4. The molecule has 7 heteroatoms. The summed E-state index contributed by atoms with van der Waals surface area (Å²) < 4.78 is 24.3. The highest BCUT2D eigenvalue weighted by atomic mass is 19.1. The van der Waals surface area contributed by atoms with Crippen molar-refractivity contribution in [3.05, 3.63) is 71.2 Å². The largest absolute Gasteiger partial charge is 0.460 e. The van der Waals surface area contributed by atoms with Gasteiger partial charge in [0.1, 0.15) is 11.4 Å². The minimum absolute atomic E-state index is 0.119. The lowest BCUT2D eigenvalue weighted by Crippen LogP contribution is -2.40. The molecule has 0 bridgehead atoms. The topological polar surface area (TPSA) is 94.6 Å². The summed E-state index contributed by atoms with van der Waals surface area (Å²) in [6, 6.07) is 12.3. The van der Waals surface area contributed by atoms with Crippen molar-refractivity contribution < 1.29 is 23.1 Å². The first-order valence-electron chi connectivity index (χ1n) is 9.49. The van der Waals surface area contributed by atoms with Gasteiger partial charge in [-0.3, -0.25) is 10.1 Å². The van der Waals surface area contributed by atoms with E-state index < -0.39 is 17.9 Å². The molecule has 29 heavy (non-hydrogen) atoms. The van der Waals surface area contributed by atoms with Gasteiger partial charge in [-0.15, -0.1) is 0 Å². The van der Waals surface area contributed by atoms with Gasteiger partial charge in [-0.25, -0.2) is 9.18 Å². The van der Waals surface area contributed by atoms with E-state index in [1.807, 2.05) is 18.2 Å². The van der Waals surface area contributed by atoms with Crippen molar-refractivity contribution in [2.24, 2.45) is 5.73 Å². The van der Waals surface area contributed by atoms with E-state index in [1.54, 1.807) is 25.1 Å². The number of nitrogens with two attached hydrogens (primary N) is 1. The number of nitrogens with one attached hydrogen (secondary N) is 1. The van der Waals surface area contributed by atoms with Crippen molar-refractivity contribution in [1.29, 1.82) is 0 Å². The Hall–Kier alpha value is -3.19. The molecule has 1 saturated heterocycles. The number of carbonyl (C=O) groups is 2. The van der Waals surface area contributed by atoms with Gasteiger partial charge in [0, 0.05) is 22.9 Å². The van der Waals surface area contributed by atoms with Crippen LogP contribution in [0.25, 0.3) is 11.0 Å². The first-order valence-corrected chi connectivity index (χ1v) is 9.49. The number of hydrogen-bond donors (Lipinski definition) is 2. The molecule has 1 fully saturated rings. The zero-order valence-electron chi connectivity index (χ0n) is 15.9. The van der Waals surface area contributed by atoms with E-state index in [1.165, 1.54) is 12.1 Å². The molecule has 2 aromatic carbocycles. The molecule has 4 rings (SSSR count). The molecule has 0 spiro atoms. The molecule has 150 valence electrons. The zero-order valence-corrected chi connectivity index (χ0v) is 15.9. The minimum atomic E-state index is -0.658.